The van der Waals surface area contributed by atoms with E-state index in [-0.39, 0.29) is 5.91 Å². The number of rotatable bonds is 8. The second-order valence-corrected chi connectivity index (χ2v) is 8.76. The zero-order valence-corrected chi connectivity index (χ0v) is 18.2. The maximum Gasteiger partial charge on any atom is 0.229 e. The van der Waals surface area contributed by atoms with Crippen LogP contribution in [-0.2, 0) is 11.3 Å². The maximum atomic E-state index is 13.2. The fraction of sp³-hybridized carbons (Fsp3) is 0.174. The predicted molar refractivity (Wildman–Crippen MR) is 123 cm³/mol. The van der Waals surface area contributed by atoms with Crippen LogP contribution in [0.15, 0.2) is 78.0 Å². The molecule has 2 heterocycles. The van der Waals surface area contributed by atoms with Crippen molar-refractivity contribution in [2.45, 2.75) is 17.9 Å². The Morgan fingerprint density at radius 1 is 1.13 bits per heavy atom. The number of pyridine rings is 1. The number of fused-ring (bicyclic) bond motifs is 1. The molecule has 0 aliphatic rings. The lowest BCUT2D eigenvalue weighted by atomic mass is 10.2. The first kappa shape index (κ1) is 20.4. The van der Waals surface area contributed by atoms with Crippen molar-refractivity contribution in [3.05, 3.63) is 78.6 Å². The molecular formula is C23H21N3O2S2. The normalized spacial score (nSPS) is 10.8. The van der Waals surface area contributed by atoms with Gasteiger partial charge in [-0.05, 0) is 42.0 Å². The van der Waals surface area contributed by atoms with E-state index in [2.05, 4.69) is 17.1 Å². The van der Waals surface area contributed by atoms with Gasteiger partial charge in [-0.1, -0.05) is 35.6 Å². The Balaban J connectivity index is 1.55. The Bertz CT molecular complexity index is 1120. The van der Waals surface area contributed by atoms with Crippen molar-refractivity contribution < 1.29 is 9.53 Å². The van der Waals surface area contributed by atoms with Gasteiger partial charge in [0.15, 0.2) is 5.13 Å². The summed E-state index contributed by atoms with van der Waals surface area (Å²) in [6.07, 6.45) is 3.95. The van der Waals surface area contributed by atoms with Gasteiger partial charge in [0.1, 0.15) is 5.75 Å². The first-order chi connectivity index (χ1) is 14.7. The summed E-state index contributed by atoms with van der Waals surface area (Å²) in [4.78, 5) is 25.0. The molecular weight excluding hydrogens is 414 g/mol. The topological polar surface area (TPSA) is 55.3 Å². The fourth-order valence-corrected chi connectivity index (χ4v) is 4.85. The molecule has 0 aliphatic carbocycles. The summed E-state index contributed by atoms with van der Waals surface area (Å²) >= 11 is 3.18. The Morgan fingerprint density at radius 3 is 2.77 bits per heavy atom. The lowest BCUT2D eigenvalue weighted by molar-refractivity contribution is -0.118. The molecule has 0 spiro atoms. The number of thioether (sulfide) groups is 1. The molecule has 30 heavy (non-hydrogen) atoms. The minimum absolute atomic E-state index is 0.0494. The Hall–Kier alpha value is -2.90. The highest BCUT2D eigenvalue weighted by atomic mass is 32.2. The van der Waals surface area contributed by atoms with E-state index in [1.165, 1.54) is 11.3 Å². The molecule has 4 rings (SSSR count). The van der Waals surface area contributed by atoms with Gasteiger partial charge in [0.05, 0.1) is 23.9 Å². The highest BCUT2D eigenvalue weighted by molar-refractivity contribution is 7.99. The van der Waals surface area contributed by atoms with E-state index in [4.69, 9.17) is 9.72 Å². The zero-order chi connectivity index (χ0) is 20.8. The fourth-order valence-electron chi connectivity index (χ4n) is 2.98. The van der Waals surface area contributed by atoms with Crippen LogP contribution in [0.2, 0.25) is 0 Å². The summed E-state index contributed by atoms with van der Waals surface area (Å²) in [5.74, 6) is 1.54. The molecule has 7 heteroatoms. The number of thiazole rings is 1. The summed E-state index contributed by atoms with van der Waals surface area (Å²) in [5, 5.41) is 0.691. The van der Waals surface area contributed by atoms with Gasteiger partial charge >= 0.3 is 0 Å². The van der Waals surface area contributed by atoms with Gasteiger partial charge in [-0.25, -0.2) is 4.98 Å². The van der Waals surface area contributed by atoms with Gasteiger partial charge in [0, 0.05) is 29.5 Å². The third kappa shape index (κ3) is 4.98. The zero-order valence-electron chi connectivity index (χ0n) is 16.5. The number of aromatic nitrogens is 2. The van der Waals surface area contributed by atoms with Crippen LogP contribution in [0.25, 0.3) is 10.2 Å². The van der Waals surface area contributed by atoms with Crippen LogP contribution < -0.4 is 9.64 Å². The minimum Gasteiger partial charge on any atom is -0.497 e. The van der Waals surface area contributed by atoms with Gasteiger partial charge in [0.2, 0.25) is 5.91 Å². The number of methoxy groups -OCH3 is 1. The molecule has 2 aromatic heterocycles. The first-order valence-electron chi connectivity index (χ1n) is 9.54. The minimum atomic E-state index is 0.0494. The standard InChI is InChI=1S/C23H21N3O2S2/c1-28-18-9-10-20-21(14-18)30-23(25-20)26(16-17-6-5-12-24-15-17)22(27)11-13-29-19-7-3-2-4-8-19/h2-10,12,14-15H,11,13,16H2,1H3. The molecule has 0 N–H and O–H groups in total. The van der Waals surface area contributed by atoms with E-state index in [1.807, 2.05) is 48.5 Å². The molecule has 0 bridgehead atoms. The summed E-state index contributed by atoms with van der Waals surface area (Å²) in [7, 11) is 1.64. The average molecular weight is 436 g/mol. The Morgan fingerprint density at radius 2 is 2.00 bits per heavy atom. The van der Waals surface area contributed by atoms with Crippen molar-refractivity contribution >= 4 is 44.4 Å². The lowest BCUT2D eigenvalue weighted by Crippen LogP contribution is -2.30. The van der Waals surface area contributed by atoms with Crippen LogP contribution in [0.1, 0.15) is 12.0 Å². The van der Waals surface area contributed by atoms with E-state index in [0.717, 1.165) is 26.4 Å². The second kappa shape index (κ2) is 9.73. The molecule has 152 valence electrons. The summed E-state index contributed by atoms with van der Waals surface area (Å²) in [5.41, 5.74) is 1.83. The summed E-state index contributed by atoms with van der Waals surface area (Å²) < 4.78 is 6.31. The predicted octanol–water partition coefficient (Wildman–Crippen LogP) is 5.42. The molecule has 0 atom stereocenters. The Labute approximate surface area is 183 Å². The lowest BCUT2D eigenvalue weighted by Gasteiger charge is -2.20. The second-order valence-electron chi connectivity index (χ2n) is 6.58. The van der Waals surface area contributed by atoms with Crippen molar-refractivity contribution in [3.63, 3.8) is 0 Å². The number of amides is 1. The van der Waals surface area contributed by atoms with Gasteiger partial charge in [0.25, 0.3) is 0 Å². The molecule has 0 aliphatic heterocycles. The van der Waals surface area contributed by atoms with E-state index in [0.29, 0.717) is 23.8 Å². The molecule has 0 unspecified atom stereocenters. The summed E-state index contributed by atoms with van der Waals surface area (Å²) in [6.45, 7) is 0.444. The van der Waals surface area contributed by atoms with Crippen LogP contribution >= 0.6 is 23.1 Å². The SMILES string of the molecule is COc1ccc2nc(N(Cc3cccnc3)C(=O)CCSc3ccccc3)sc2c1. The van der Waals surface area contributed by atoms with Gasteiger partial charge in [-0.3, -0.25) is 14.7 Å². The number of hydrogen-bond acceptors (Lipinski definition) is 6. The van der Waals surface area contributed by atoms with Crippen LogP contribution in [-0.4, -0.2) is 28.7 Å². The van der Waals surface area contributed by atoms with Crippen molar-refractivity contribution in [3.8, 4) is 5.75 Å². The van der Waals surface area contributed by atoms with E-state index in [9.17, 15) is 4.79 Å². The number of anilines is 1. The highest BCUT2D eigenvalue weighted by Gasteiger charge is 2.20. The number of hydrogen-bond donors (Lipinski definition) is 0. The first-order valence-corrected chi connectivity index (χ1v) is 11.3. The van der Waals surface area contributed by atoms with Crippen LogP contribution in [0, 0.1) is 0 Å². The third-order valence-electron chi connectivity index (χ3n) is 4.51. The summed E-state index contributed by atoms with van der Waals surface area (Å²) in [6, 6.07) is 19.7. The molecule has 2 aromatic carbocycles. The third-order valence-corrected chi connectivity index (χ3v) is 6.56. The van der Waals surface area contributed by atoms with E-state index >= 15 is 0 Å². The van der Waals surface area contributed by atoms with Crippen molar-refractivity contribution in [2.24, 2.45) is 0 Å². The van der Waals surface area contributed by atoms with Crippen molar-refractivity contribution in [1.82, 2.24) is 9.97 Å². The molecule has 5 nitrogen and oxygen atoms in total. The van der Waals surface area contributed by atoms with E-state index < -0.39 is 0 Å². The largest absolute Gasteiger partial charge is 0.497 e. The van der Waals surface area contributed by atoms with Crippen molar-refractivity contribution in [1.29, 1.82) is 0 Å². The molecule has 0 saturated heterocycles. The number of carbonyl (C=O) groups excluding carboxylic acids is 1. The smallest absolute Gasteiger partial charge is 0.229 e. The molecule has 1 amide bonds. The molecule has 0 fully saturated rings. The average Bonchev–Trinajstić information content (AvgIpc) is 3.21. The molecule has 0 saturated carbocycles. The Kier molecular flexibility index (Phi) is 6.61. The molecule has 0 radical (unpaired) electrons. The number of nitrogens with zero attached hydrogens (tertiary/aromatic N) is 3. The van der Waals surface area contributed by atoms with Gasteiger partial charge in [-0.2, -0.15) is 0 Å². The van der Waals surface area contributed by atoms with Crippen LogP contribution in [0.3, 0.4) is 0 Å². The number of benzene rings is 2. The maximum absolute atomic E-state index is 13.2. The van der Waals surface area contributed by atoms with Crippen LogP contribution in [0.4, 0.5) is 5.13 Å². The highest BCUT2D eigenvalue weighted by Crippen LogP contribution is 2.32. The van der Waals surface area contributed by atoms with Gasteiger partial charge in [-0.15, -0.1) is 11.8 Å². The quantitative estimate of drug-likeness (QED) is 0.346. The van der Waals surface area contributed by atoms with Gasteiger partial charge < -0.3 is 4.74 Å². The van der Waals surface area contributed by atoms with Crippen molar-refractivity contribution in [2.75, 3.05) is 17.8 Å². The molecule has 4 aromatic rings. The van der Waals surface area contributed by atoms with E-state index in [1.54, 1.807) is 36.2 Å². The number of carbonyl (C=O) groups is 1. The number of ether oxygens (including phenoxy) is 1. The van der Waals surface area contributed by atoms with Crippen LogP contribution in [0.5, 0.6) is 5.75 Å². The monoisotopic (exact) mass is 435 g/mol.